The van der Waals surface area contributed by atoms with Gasteiger partial charge in [-0.05, 0) is 48.9 Å². The Morgan fingerprint density at radius 3 is 3.06 bits per heavy atom. The van der Waals surface area contributed by atoms with Crippen molar-refractivity contribution in [2.24, 2.45) is 5.92 Å². The number of hydrogen-bond acceptors (Lipinski definition) is 3. The van der Waals surface area contributed by atoms with Gasteiger partial charge in [0.25, 0.3) is 0 Å². The van der Waals surface area contributed by atoms with Crippen molar-refractivity contribution in [1.29, 1.82) is 0 Å². The van der Waals surface area contributed by atoms with E-state index in [1.54, 1.807) is 7.11 Å². The zero-order chi connectivity index (χ0) is 11.7. The van der Waals surface area contributed by atoms with Crippen molar-refractivity contribution in [3.63, 3.8) is 0 Å². The van der Waals surface area contributed by atoms with Crippen LogP contribution >= 0.6 is 0 Å². The summed E-state index contributed by atoms with van der Waals surface area (Å²) in [5.41, 5.74) is 2.68. The van der Waals surface area contributed by atoms with E-state index in [2.05, 4.69) is 22.4 Å². The third kappa shape index (κ3) is 2.20. The highest BCUT2D eigenvalue weighted by Gasteiger charge is 2.26. The standard InChI is InChI=1S/C14H18N2O/c1-17-14-3-2-11(9-16-14)12-6-10-4-5-15-13(7-10)8-12/h2-3,6,9-10,13,15H,4-5,7-8H2,1H3. The van der Waals surface area contributed by atoms with E-state index in [9.17, 15) is 0 Å². The molecule has 3 heteroatoms. The van der Waals surface area contributed by atoms with Crippen LogP contribution in [0.25, 0.3) is 5.57 Å². The highest BCUT2D eigenvalue weighted by Crippen LogP contribution is 2.33. The Kier molecular flexibility index (Phi) is 2.85. The molecule has 1 aliphatic heterocycles. The Labute approximate surface area is 102 Å². The molecule has 1 aromatic heterocycles. The van der Waals surface area contributed by atoms with Gasteiger partial charge in [0.2, 0.25) is 5.88 Å². The molecule has 2 bridgehead atoms. The molecule has 1 aromatic rings. The summed E-state index contributed by atoms with van der Waals surface area (Å²) < 4.78 is 5.09. The summed E-state index contributed by atoms with van der Waals surface area (Å²) in [6.07, 6.45) is 8.06. The quantitative estimate of drug-likeness (QED) is 0.846. The lowest BCUT2D eigenvalue weighted by atomic mass is 9.80. The van der Waals surface area contributed by atoms with Crippen LogP contribution in [-0.4, -0.2) is 24.7 Å². The third-order valence-electron chi connectivity index (χ3n) is 3.75. The van der Waals surface area contributed by atoms with Crippen molar-refractivity contribution in [3.05, 3.63) is 30.0 Å². The van der Waals surface area contributed by atoms with Crippen molar-refractivity contribution in [3.8, 4) is 5.88 Å². The molecule has 17 heavy (non-hydrogen) atoms. The summed E-state index contributed by atoms with van der Waals surface area (Å²) in [5, 5.41) is 3.59. The summed E-state index contributed by atoms with van der Waals surface area (Å²) in [5.74, 6) is 1.44. The van der Waals surface area contributed by atoms with Crippen LogP contribution in [0.1, 0.15) is 24.8 Å². The van der Waals surface area contributed by atoms with Crippen LogP contribution in [-0.2, 0) is 0 Å². The number of nitrogens with zero attached hydrogens (tertiary/aromatic N) is 1. The number of nitrogens with one attached hydrogen (secondary N) is 1. The fourth-order valence-corrected chi connectivity index (χ4v) is 2.87. The summed E-state index contributed by atoms with van der Waals surface area (Å²) in [6, 6.07) is 4.71. The third-order valence-corrected chi connectivity index (χ3v) is 3.75. The first-order valence-electron chi connectivity index (χ1n) is 6.29. The maximum atomic E-state index is 5.09. The van der Waals surface area contributed by atoms with E-state index in [1.807, 2.05) is 12.3 Å². The molecule has 1 fully saturated rings. The molecular weight excluding hydrogens is 212 g/mol. The van der Waals surface area contributed by atoms with Gasteiger partial charge in [-0.2, -0.15) is 0 Å². The molecule has 0 spiro atoms. The van der Waals surface area contributed by atoms with E-state index in [1.165, 1.54) is 30.5 Å². The van der Waals surface area contributed by atoms with Gasteiger partial charge in [0.15, 0.2) is 0 Å². The molecule has 3 nitrogen and oxygen atoms in total. The molecule has 3 rings (SSSR count). The highest BCUT2D eigenvalue weighted by atomic mass is 16.5. The lowest BCUT2D eigenvalue weighted by Gasteiger charge is -2.34. The largest absolute Gasteiger partial charge is 0.481 e. The molecule has 2 heterocycles. The lowest BCUT2D eigenvalue weighted by Crippen LogP contribution is -2.39. The molecule has 0 aromatic carbocycles. The van der Waals surface area contributed by atoms with Gasteiger partial charge in [-0.1, -0.05) is 6.08 Å². The van der Waals surface area contributed by atoms with Crippen molar-refractivity contribution < 1.29 is 4.74 Å². The fourth-order valence-electron chi connectivity index (χ4n) is 2.87. The average molecular weight is 230 g/mol. The summed E-state index contributed by atoms with van der Waals surface area (Å²) >= 11 is 0. The highest BCUT2D eigenvalue weighted by molar-refractivity contribution is 5.66. The van der Waals surface area contributed by atoms with Gasteiger partial charge in [-0.3, -0.25) is 0 Å². The number of pyridine rings is 1. The summed E-state index contributed by atoms with van der Waals surface area (Å²) in [6.45, 7) is 1.17. The first-order chi connectivity index (χ1) is 8.35. The van der Waals surface area contributed by atoms with E-state index >= 15 is 0 Å². The number of methoxy groups -OCH3 is 1. The second-order valence-corrected chi connectivity index (χ2v) is 4.92. The molecule has 90 valence electrons. The maximum Gasteiger partial charge on any atom is 0.212 e. The average Bonchev–Trinajstić information content (AvgIpc) is 2.38. The van der Waals surface area contributed by atoms with Gasteiger partial charge in [0.1, 0.15) is 0 Å². The molecule has 0 saturated carbocycles. The monoisotopic (exact) mass is 230 g/mol. The molecule has 2 atom stereocenters. The van der Waals surface area contributed by atoms with Gasteiger partial charge in [0.05, 0.1) is 7.11 Å². The van der Waals surface area contributed by atoms with E-state index in [0.29, 0.717) is 11.9 Å². The van der Waals surface area contributed by atoms with Crippen molar-refractivity contribution in [1.82, 2.24) is 10.3 Å². The minimum absolute atomic E-state index is 0.663. The second kappa shape index (κ2) is 4.49. The number of hydrogen-bond donors (Lipinski definition) is 1. The Balaban J connectivity index is 1.85. The maximum absolute atomic E-state index is 5.09. The van der Waals surface area contributed by atoms with Crippen LogP contribution in [0.2, 0.25) is 0 Å². The zero-order valence-electron chi connectivity index (χ0n) is 10.1. The van der Waals surface area contributed by atoms with Crippen LogP contribution < -0.4 is 10.1 Å². The number of aromatic nitrogens is 1. The number of allylic oxidation sites excluding steroid dienone is 1. The van der Waals surface area contributed by atoms with Gasteiger partial charge in [-0.25, -0.2) is 4.98 Å². The summed E-state index contributed by atoms with van der Waals surface area (Å²) in [7, 11) is 1.65. The molecule has 0 amide bonds. The smallest absolute Gasteiger partial charge is 0.212 e. The predicted octanol–water partition coefficient (Wildman–Crippen LogP) is 2.25. The van der Waals surface area contributed by atoms with Gasteiger partial charge in [-0.15, -0.1) is 0 Å². The second-order valence-electron chi connectivity index (χ2n) is 4.92. The first kappa shape index (κ1) is 10.8. The summed E-state index contributed by atoms with van der Waals surface area (Å²) in [4.78, 5) is 4.28. The van der Waals surface area contributed by atoms with Crippen molar-refractivity contribution in [2.75, 3.05) is 13.7 Å². The topological polar surface area (TPSA) is 34.1 Å². The fraction of sp³-hybridized carbons (Fsp3) is 0.500. The predicted molar refractivity (Wildman–Crippen MR) is 67.9 cm³/mol. The van der Waals surface area contributed by atoms with E-state index in [0.717, 1.165) is 12.3 Å². The van der Waals surface area contributed by atoms with E-state index in [-0.39, 0.29) is 0 Å². The Bertz CT molecular complexity index is 424. The SMILES string of the molecule is COc1ccc(C2=CC3CCNC(C2)C3)cn1. The molecule has 1 aliphatic carbocycles. The Hall–Kier alpha value is -1.35. The van der Waals surface area contributed by atoms with Crippen molar-refractivity contribution >= 4 is 5.57 Å². The molecule has 1 N–H and O–H groups in total. The van der Waals surface area contributed by atoms with Crippen LogP contribution in [0.15, 0.2) is 24.4 Å². The van der Waals surface area contributed by atoms with Gasteiger partial charge < -0.3 is 10.1 Å². The normalized spacial score (nSPS) is 27.5. The first-order valence-corrected chi connectivity index (χ1v) is 6.29. The lowest BCUT2D eigenvalue weighted by molar-refractivity contribution is 0.335. The molecule has 1 saturated heterocycles. The molecule has 2 aliphatic rings. The number of ether oxygens (including phenoxy) is 1. The zero-order valence-corrected chi connectivity index (χ0v) is 10.1. The Morgan fingerprint density at radius 2 is 2.35 bits per heavy atom. The van der Waals surface area contributed by atoms with Crippen LogP contribution in [0, 0.1) is 5.92 Å². The Morgan fingerprint density at radius 1 is 1.41 bits per heavy atom. The minimum Gasteiger partial charge on any atom is -0.481 e. The van der Waals surface area contributed by atoms with Gasteiger partial charge in [0, 0.05) is 18.3 Å². The van der Waals surface area contributed by atoms with E-state index < -0.39 is 0 Å². The number of piperidine rings is 1. The minimum atomic E-state index is 0.663. The number of rotatable bonds is 2. The molecule has 2 unspecified atom stereocenters. The number of fused-ring (bicyclic) bond motifs is 2. The molecule has 0 radical (unpaired) electrons. The molecular formula is C14H18N2O. The van der Waals surface area contributed by atoms with Crippen LogP contribution in [0.3, 0.4) is 0 Å². The van der Waals surface area contributed by atoms with E-state index in [4.69, 9.17) is 4.74 Å². The van der Waals surface area contributed by atoms with Crippen LogP contribution in [0.4, 0.5) is 0 Å². The van der Waals surface area contributed by atoms with Crippen molar-refractivity contribution in [2.45, 2.75) is 25.3 Å². The van der Waals surface area contributed by atoms with Crippen LogP contribution in [0.5, 0.6) is 5.88 Å². The van der Waals surface area contributed by atoms with Gasteiger partial charge >= 0.3 is 0 Å².